The number of benzene rings is 3. The lowest BCUT2D eigenvalue weighted by Crippen LogP contribution is -2.26. The normalized spacial score (nSPS) is 12.2. The summed E-state index contributed by atoms with van der Waals surface area (Å²) in [5, 5.41) is 3.09. The Morgan fingerprint density at radius 3 is 2.43 bits per heavy atom. The van der Waals surface area contributed by atoms with Crippen LogP contribution >= 0.6 is 0 Å². The first kappa shape index (κ1) is 24.8. The lowest BCUT2D eigenvalue weighted by Gasteiger charge is -2.26. The van der Waals surface area contributed by atoms with Gasteiger partial charge in [0.2, 0.25) is 0 Å². The lowest BCUT2D eigenvalue weighted by atomic mass is 10.0. The zero-order valence-electron chi connectivity index (χ0n) is 21.2. The van der Waals surface area contributed by atoms with Gasteiger partial charge in [0.25, 0.3) is 5.91 Å². The Balaban J connectivity index is 1.34. The molecule has 35 heavy (non-hydrogen) atoms. The minimum atomic E-state index is -0.0521. The molecule has 3 aromatic rings. The molecule has 0 aromatic heterocycles. The standard InChI is InChI=1S/C32H38N2O/c1-3-5-6-10-25-15-17-27(18-16-25)32(35)33-30-14-9-11-26(22-30)19-21-34(20-4-2)31-23-28-12-7-8-13-29(28)24-31/h7-9,11-18,22-23H,3-6,10,19-21,24H2,1-2H3,(H,33,35). The fraction of sp³-hybridized carbons (Fsp3) is 0.344. The zero-order valence-corrected chi connectivity index (χ0v) is 21.2. The minimum Gasteiger partial charge on any atom is -0.374 e. The summed E-state index contributed by atoms with van der Waals surface area (Å²) in [6.45, 7) is 6.49. The van der Waals surface area contributed by atoms with E-state index in [0.29, 0.717) is 5.56 Å². The number of amides is 1. The van der Waals surface area contributed by atoms with Crippen molar-refractivity contribution in [3.05, 3.63) is 106 Å². The highest BCUT2D eigenvalue weighted by Gasteiger charge is 2.17. The van der Waals surface area contributed by atoms with Gasteiger partial charge in [-0.25, -0.2) is 0 Å². The van der Waals surface area contributed by atoms with Crippen LogP contribution in [0, 0.1) is 0 Å². The number of hydrogen-bond acceptors (Lipinski definition) is 2. The SMILES string of the molecule is CCCCCc1ccc(C(=O)Nc2cccc(CCN(CCC)C3=Cc4ccccc4C3)c2)cc1. The molecule has 0 saturated heterocycles. The molecule has 3 nitrogen and oxygen atoms in total. The highest BCUT2D eigenvalue weighted by atomic mass is 16.1. The Kier molecular flexibility index (Phi) is 8.78. The first-order valence-electron chi connectivity index (χ1n) is 13.2. The van der Waals surface area contributed by atoms with E-state index in [2.05, 4.69) is 78.7 Å². The number of hydrogen-bond donors (Lipinski definition) is 1. The minimum absolute atomic E-state index is 0.0521. The van der Waals surface area contributed by atoms with E-state index in [-0.39, 0.29) is 5.91 Å². The zero-order chi connectivity index (χ0) is 24.5. The molecule has 1 amide bonds. The monoisotopic (exact) mass is 466 g/mol. The van der Waals surface area contributed by atoms with E-state index in [1.807, 2.05) is 24.3 Å². The van der Waals surface area contributed by atoms with E-state index < -0.39 is 0 Å². The quantitative estimate of drug-likeness (QED) is 0.280. The summed E-state index contributed by atoms with van der Waals surface area (Å²) in [5.74, 6) is -0.0521. The second-order valence-corrected chi connectivity index (χ2v) is 9.56. The third-order valence-electron chi connectivity index (χ3n) is 6.79. The highest BCUT2D eigenvalue weighted by Crippen LogP contribution is 2.27. The second-order valence-electron chi connectivity index (χ2n) is 9.56. The topological polar surface area (TPSA) is 32.3 Å². The molecule has 182 valence electrons. The number of aryl methyl sites for hydroxylation is 1. The number of unbranched alkanes of at least 4 members (excludes halogenated alkanes) is 2. The highest BCUT2D eigenvalue weighted by molar-refractivity contribution is 6.04. The van der Waals surface area contributed by atoms with Crippen LogP contribution in [0.5, 0.6) is 0 Å². The second kappa shape index (κ2) is 12.4. The van der Waals surface area contributed by atoms with Gasteiger partial charge in [0.05, 0.1) is 0 Å². The van der Waals surface area contributed by atoms with Crippen molar-refractivity contribution >= 4 is 17.7 Å². The van der Waals surface area contributed by atoms with Crippen molar-refractivity contribution < 1.29 is 4.79 Å². The summed E-state index contributed by atoms with van der Waals surface area (Å²) in [7, 11) is 0. The van der Waals surface area contributed by atoms with Crippen LogP contribution in [0.15, 0.2) is 78.5 Å². The molecular weight excluding hydrogens is 428 g/mol. The van der Waals surface area contributed by atoms with Crippen LogP contribution in [0.1, 0.15) is 72.1 Å². The van der Waals surface area contributed by atoms with Gasteiger partial charge in [-0.15, -0.1) is 0 Å². The molecule has 0 spiro atoms. The largest absolute Gasteiger partial charge is 0.374 e. The van der Waals surface area contributed by atoms with Crippen LogP contribution in [-0.4, -0.2) is 23.9 Å². The van der Waals surface area contributed by atoms with Gasteiger partial charge in [-0.05, 0) is 78.3 Å². The molecule has 0 radical (unpaired) electrons. The van der Waals surface area contributed by atoms with Gasteiger partial charge in [-0.1, -0.05) is 75.2 Å². The Hall–Kier alpha value is -3.33. The molecule has 1 aliphatic rings. The Morgan fingerprint density at radius 2 is 1.66 bits per heavy atom. The first-order chi connectivity index (χ1) is 17.2. The average Bonchev–Trinajstić information content (AvgIpc) is 3.31. The van der Waals surface area contributed by atoms with E-state index in [1.54, 1.807) is 0 Å². The number of rotatable bonds is 12. The summed E-state index contributed by atoms with van der Waals surface area (Å²) in [5.41, 5.74) is 8.28. The fourth-order valence-corrected chi connectivity index (χ4v) is 4.81. The smallest absolute Gasteiger partial charge is 0.255 e. The maximum Gasteiger partial charge on any atom is 0.255 e. The van der Waals surface area contributed by atoms with E-state index in [1.165, 1.54) is 47.2 Å². The number of allylic oxidation sites excluding steroid dienone is 1. The van der Waals surface area contributed by atoms with Crippen LogP contribution in [0.2, 0.25) is 0 Å². The van der Waals surface area contributed by atoms with Gasteiger partial charge in [0.15, 0.2) is 0 Å². The maximum absolute atomic E-state index is 12.8. The summed E-state index contributed by atoms with van der Waals surface area (Å²) < 4.78 is 0. The van der Waals surface area contributed by atoms with Crippen LogP contribution in [-0.2, 0) is 19.3 Å². The number of fused-ring (bicyclic) bond motifs is 1. The van der Waals surface area contributed by atoms with E-state index in [0.717, 1.165) is 44.5 Å². The molecule has 0 heterocycles. The molecule has 3 aromatic carbocycles. The summed E-state index contributed by atoms with van der Waals surface area (Å²) >= 11 is 0. The molecule has 0 fully saturated rings. The van der Waals surface area contributed by atoms with Crippen molar-refractivity contribution in [3.8, 4) is 0 Å². The van der Waals surface area contributed by atoms with Crippen molar-refractivity contribution in [2.24, 2.45) is 0 Å². The third-order valence-corrected chi connectivity index (χ3v) is 6.79. The number of anilines is 1. The average molecular weight is 467 g/mol. The molecule has 0 bridgehead atoms. The maximum atomic E-state index is 12.8. The molecule has 3 heteroatoms. The van der Waals surface area contributed by atoms with Gasteiger partial charge in [-0.2, -0.15) is 0 Å². The molecule has 4 rings (SSSR count). The van der Waals surface area contributed by atoms with E-state index >= 15 is 0 Å². The van der Waals surface area contributed by atoms with E-state index in [4.69, 9.17) is 0 Å². The van der Waals surface area contributed by atoms with Gasteiger partial charge in [0, 0.05) is 36.5 Å². The van der Waals surface area contributed by atoms with Crippen molar-refractivity contribution in [1.29, 1.82) is 0 Å². The van der Waals surface area contributed by atoms with Crippen molar-refractivity contribution in [1.82, 2.24) is 4.90 Å². The Labute approximate surface area is 210 Å². The van der Waals surface area contributed by atoms with Crippen molar-refractivity contribution in [3.63, 3.8) is 0 Å². The molecule has 0 aliphatic heterocycles. The molecule has 1 N–H and O–H groups in total. The fourth-order valence-electron chi connectivity index (χ4n) is 4.81. The Morgan fingerprint density at radius 1 is 0.829 bits per heavy atom. The number of nitrogens with one attached hydrogen (secondary N) is 1. The molecule has 0 atom stereocenters. The summed E-state index contributed by atoms with van der Waals surface area (Å²) in [4.78, 5) is 15.3. The van der Waals surface area contributed by atoms with Gasteiger partial charge in [0.1, 0.15) is 0 Å². The molecule has 1 aliphatic carbocycles. The third kappa shape index (κ3) is 6.85. The van der Waals surface area contributed by atoms with Crippen LogP contribution < -0.4 is 5.32 Å². The predicted molar refractivity (Wildman–Crippen MR) is 148 cm³/mol. The number of carbonyl (C=O) groups is 1. The van der Waals surface area contributed by atoms with Crippen molar-refractivity contribution in [2.75, 3.05) is 18.4 Å². The number of nitrogens with zero attached hydrogens (tertiary/aromatic N) is 1. The molecular formula is C32H38N2O. The van der Waals surface area contributed by atoms with Gasteiger partial charge < -0.3 is 10.2 Å². The molecule has 0 unspecified atom stereocenters. The van der Waals surface area contributed by atoms with E-state index in [9.17, 15) is 4.79 Å². The first-order valence-corrected chi connectivity index (χ1v) is 13.2. The summed E-state index contributed by atoms with van der Waals surface area (Å²) in [6.07, 6.45) is 10.2. The number of carbonyl (C=O) groups excluding carboxylic acids is 1. The molecule has 0 saturated carbocycles. The lowest BCUT2D eigenvalue weighted by molar-refractivity contribution is 0.102. The van der Waals surface area contributed by atoms with Crippen molar-refractivity contribution in [2.45, 2.75) is 58.8 Å². The Bertz CT molecular complexity index is 1150. The van der Waals surface area contributed by atoms with Gasteiger partial charge >= 0.3 is 0 Å². The van der Waals surface area contributed by atoms with Gasteiger partial charge in [-0.3, -0.25) is 4.79 Å². The van der Waals surface area contributed by atoms with Crippen LogP contribution in [0.3, 0.4) is 0 Å². The van der Waals surface area contributed by atoms with Crippen LogP contribution in [0.25, 0.3) is 6.08 Å². The van der Waals surface area contributed by atoms with Crippen LogP contribution in [0.4, 0.5) is 5.69 Å². The predicted octanol–water partition coefficient (Wildman–Crippen LogP) is 7.52. The summed E-state index contributed by atoms with van der Waals surface area (Å²) in [6, 6.07) is 25.0.